The molecule has 0 atom stereocenters. The van der Waals surface area contributed by atoms with Gasteiger partial charge in [-0.1, -0.05) is 30.3 Å². The number of methoxy groups -OCH3 is 1. The first-order chi connectivity index (χ1) is 14.2. The van der Waals surface area contributed by atoms with Crippen LogP contribution in [0.1, 0.15) is 11.3 Å². The van der Waals surface area contributed by atoms with Crippen LogP contribution in [0.15, 0.2) is 60.7 Å². The third-order valence-electron chi connectivity index (χ3n) is 5.18. The Morgan fingerprint density at radius 3 is 2.28 bits per heavy atom. The fraction of sp³-hybridized carbons (Fsp3) is 0.304. The van der Waals surface area contributed by atoms with E-state index in [2.05, 4.69) is 50.4 Å². The van der Waals surface area contributed by atoms with Crippen LogP contribution in [0.4, 0.5) is 17.5 Å². The molecule has 2 heterocycles. The average molecular weight is 390 g/mol. The molecule has 1 aromatic heterocycles. The van der Waals surface area contributed by atoms with E-state index in [0.29, 0.717) is 5.95 Å². The Kier molecular flexibility index (Phi) is 5.79. The Balaban J connectivity index is 1.39. The van der Waals surface area contributed by atoms with Crippen molar-refractivity contribution in [3.05, 3.63) is 71.9 Å². The van der Waals surface area contributed by atoms with E-state index in [-0.39, 0.29) is 0 Å². The molecule has 6 heteroatoms. The minimum atomic E-state index is 0.682. The molecule has 1 aliphatic heterocycles. The van der Waals surface area contributed by atoms with Gasteiger partial charge in [-0.3, -0.25) is 0 Å². The van der Waals surface area contributed by atoms with Crippen molar-refractivity contribution in [1.29, 1.82) is 0 Å². The van der Waals surface area contributed by atoms with Gasteiger partial charge in [0.15, 0.2) is 0 Å². The van der Waals surface area contributed by atoms with Crippen LogP contribution in [0.5, 0.6) is 5.75 Å². The highest BCUT2D eigenvalue weighted by molar-refractivity contribution is 5.52. The molecule has 0 aliphatic carbocycles. The van der Waals surface area contributed by atoms with E-state index in [1.807, 2.05) is 37.3 Å². The fourth-order valence-electron chi connectivity index (χ4n) is 3.56. The molecule has 1 aliphatic rings. The zero-order chi connectivity index (χ0) is 20.1. The number of hydrogen-bond donors (Lipinski definition) is 1. The van der Waals surface area contributed by atoms with Crippen molar-refractivity contribution < 1.29 is 4.74 Å². The van der Waals surface area contributed by atoms with E-state index in [9.17, 15) is 0 Å². The minimum Gasteiger partial charge on any atom is -0.497 e. The van der Waals surface area contributed by atoms with Gasteiger partial charge in [-0.25, -0.2) is 4.98 Å². The largest absolute Gasteiger partial charge is 0.497 e. The molecule has 4 rings (SSSR count). The topological polar surface area (TPSA) is 53.5 Å². The van der Waals surface area contributed by atoms with E-state index in [0.717, 1.165) is 50.0 Å². The molecule has 29 heavy (non-hydrogen) atoms. The third-order valence-corrected chi connectivity index (χ3v) is 5.18. The molecule has 2 aromatic carbocycles. The molecule has 6 nitrogen and oxygen atoms in total. The summed E-state index contributed by atoms with van der Waals surface area (Å²) in [5.74, 6) is 2.56. The molecule has 0 spiro atoms. The van der Waals surface area contributed by atoms with Crippen LogP contribution >= 0.6 is 0 Å². The second kappa shape index (κ2) is 8.82. The highest BCUT2D eigenvalue weighted by Gasteiger charge is 2.19. The summed E-state index contributed by atoms with van der Waals surface area (Å²) in [5, 5.41) is 3.36. The zero-order valence-corrected chi connectivity index (χ0v) is 17.0. The molecule has 0 bridgehead atoms. The third kappa shape index (κ3) is 4.77. The van der Waals surface area contributed by atoms with Gasteiger partial charge in [0.1, 0.15) is 11.6 Å². The number of rotatable bonds is 6. The Morgan fingerprint density at radius 2 is 1.59 bits per heavy atom. The van der Waals surface area contributed by atoms with Crippen molar-refractivity contribution in [3.63, 3.8) is 0 Å². The smallest absolute Gasteiger partial charge is 0.225 e. The van der Waals surface area contributed by atoms with Crippen LogP contribution in [-0.4, -0.2) is 43.3 Å². The molecule has 0 unspecified atom stereocenters. The highest BCUT2D eigenvalue weighted by atomic mass is 16.5. The predicted octanol–water partition coefficient (Wildman–Crippen LogP) is 3.73. The number of piperazine rings is 1. The second-order valence-corrected chi connectivity index (χ2v) is 7.20. The highest BCUT2D eigenvalue weighted by Crippen LogP contribution is 2.23. The van der Waals surface area contributed by atoms with Gasteiger partial charge in [0.05, 0.1) is 7.11 Å². The Bertz CT molecular complexity index is 922. The Hall–Kier alpha value is -3.28. The standard InChI is InChI=1S/C23H27N5O/c1-18-16-22(26-23(25-18)24-17-19-6-4-3-5-7-19)28-14-12-27(13-15-28)20-8-10-21(29-2)11-9-20/h3-11,16H,12-15,17H2,1-2H3,(H,24,25,26). The summed E-state index contributed by atoms with van der Waals surface area (Å²) in [4.78, 5) is 14.0. The second-order valence-electron chi connectivity index (χ2n) is 7.20. The van der Waals surface area contributed by atoms with Gasteiger partial charge < -0.3 is 19.9 Å². The molecule has 1 N–H and O–H groups in total. The van der Waals surface area contributed by atoms with Gasteiger partial charge in [-0.05, 0) is 36.8 Å². The summed E-state index contributed by atoms with van der Waals surface area (Å²) >= 11 is 0. The van der Waals surface area contributed by atoms with Gasteiger partial charge >= 0.3 is 0 Å². The number of aryl methyl sites for hydroxylation is 1. The van der Waals surface area contributed by atoms with Crippen LogP contribution < -0.4 is 19.9 Å². The van der Waals surface area contributed by atoms with Gasteiger partial charge in [-0.15, -0.1) is 0 Å². The molecule has 1 fully saturated rings. The number of benzene rings is 2. The number of hydrogen-bond acceptors (Lipinski definition) is 6. The van der Waals surface area contributed by atoms with Crippen molar-refractivity contribution in [3.8, 4) is 5.75 Å². The molecule has 1 saturated heterocycles. The molecule has 0 amide bonds. The van der Waals surface area contributed by atoms with Crippen molar-refractivity contribution in [2.45, 2.75) is 13.5 Å². The maximum Gasteiger partial charge on any atom is 0.225 e. The van der Waals surface area contributed by atoms with Crippen LogP contribution in [0.3, 0.4) is 0 Å². The maximum atomic E-state index is 5.25. The van der Waals surface area contributed by atoms with E-state index >= 15 is 0 Å². The monoisotopic (exact) mass is 389 g/mol. The quantitative estimate of drug-likeness (QED) is 0.693. The zero-order valence-electron chi connectivity index (χ0n) is 17.0. The summed E-state index contributed by atoms with van der Waals surface area (Å²) in [6, 6.07) is 20.6. The number of nitrogens with one attached hydrogen (secondary N) is 1. The number of anilines is 3. The maximum absolute atomic E-state index is 5.25. The first-order valence-electron chi connectivity index (χ1n) is 9.99. The lowest BCUT2D eigenvalue weighted by Crippen LogP contribution is -2.46. The summed E-state index contributed by atoms with van der Waals surface area (Å²) in [6.45, 7) is 6.52. The normalized spacial score (nSPS) is 14.0. The molecule has 0 radical (unpaired) electrons. The molecule has 150 valence electrons. The van der Waals surface area contributed by atoms with Crippen LogP contribution in [0, 0.1) is 6.92 Å². The lowest BCUT2D eigenvalue weighted by atomic mass is 10.2. The summed E-state index contributed by atoms with van der Waals surface area (Å²) in [6.07, 6.45) is 0. The molecular weight excluding hydrogens is 362 g/mol. The lowest BCUT2D eigenvalue weighted by Gasteiger charge is -2.37. The van der Waals surface area contributed by atoms with Crippen LogP contribution in [-0.2, 0) is 6.54 Å². The van der Waals surface area contributed by atoms with Gasteiger partial charge in [0.25, 0.3) is 0 Å². The number of aromatic nitrogens is 2. The summed E-state index contributed by atoms with van der Waals surface area (Å²) in [7, 11) is 1.69. The molecule has 0 saturated carbocycles. The lowest BCUT2D eigenvalue weighted by molar-refractivity contribution is 0.415. The van der Waals surface area contributed by atoms with Crippen LogP contribution in [0.2, 0.25) is 0 Å². The van der Waals surface area contributed by atoms with Crippen molar-refractivity contribution in [1.82, 2.24) is 9.97 Å². The molecule has 3 aromatic rings. The first-order valence-corrected chi connectivity index (χ1v) is 9.99. The SMILES string of the molecule is COc1ccc(N2CCN(c3cc(C)nc(NCc4ccccc4)n3)CC2)cc1. The average Bonchev–Trinajstić information content (AvgIpc) is 2.78. The minimum absolute atomic E-state index is 0.682. The van der Waals surface area contributed by atoms with E-state index < -0.39 is 0 Å². The van der Waals surface area contributed by atoms with Gasteiger partial charge in [0, 0.05) is 50.2 Å². The number of ether oxygens (including phenoxy) is 1. The van der Waals surface area contributed by atoms with Crippen LogP contribution in [0.25, 0.3) is 0 Å². The van der Waals surface area contributed by atoms with Gasteiger partial charge in [-0.2, -0.15) is 4.98 Å². The van der Waals surface area contributed by atoms with E-state index in [4.69, 9.17) is 9.72 Å². The first kappa shape index (κ1) is 19.1. The summed E-state index contributed by atoms with van der Waals surface area (Å²) in [5.41, 5.74) is 3.42. The predicted molar refractivity (Wildman–Crippen MR) is 118 cm³/mol. The van der Waals surface area contributed by atoms with Crippen molar-refractivity contribution >= 4 is 17.5 Å². The van der Waals surface area contributed by atoms with Gasteiger partial charge in [0.2, 0.25) is 5.95 Å². The van der Waals surface area contributed by atoms with E-state index in [1.165, 1.54) is 11.3 Å². The molecular formula is C23H27N5O. The summed E-state index contributed by atoms with van der Waals surface area (Å²) < 4.78 is 5.25. The Labute approximate surface area is 172 Å². The van der Waals surface area contributed by atoms with Crippen molar-refractivity contribution in [2.75, 3.05) is 48.4 Å². The fourth-order valence-corrected chi connectivity index (χ4v) is 3.56. The van der Waals surface area contributed by atoms with Crippen molar-refractivity contribution in [2.24, 2.45) is 0 Å². The number of nitrogens with zero attached hydrogens (tertiary/aromatic N) is 4. The van der Waals surface area contributed by atoms with E-state index in [1.54, 1.807) is 7.11 Å². The Morgan fingerprint density at radius 1 is 0.897 bits per heavy atom.